The molecule has 0 aliphatic carbocycles. The minimum atomic E-state index is 0. The molecule has 1 aromatic carbocycles. The summed E-state index contributed by atoms with van der Waals surface area (Å²) in [6.45, 7) is 8.72. The number of nitrogens with one attached hydrogen (secondary N) is 2. The maximum absolute atomic E-state index is 5.78. The largest absolute Gasteiger partial charge is 0.487 e. The predicted molar refractivity (Wildman–Crippen MR) is 134 cm³/mol. The number of aryl methyl sites for hydroxylation is 2. The molecule has 0 fully saturated rings. The molecule has 0 spiro atoms. The van der Waals surface area contributed by atoms with Gasteiger partial charge in [-0.05, 0) is 50.6 Å². The highest BCUT2D eigenvalue weighted by atomic mass is 127. The van der Waals surface area contributed by atoms with E-state index in [0.717, 1.165) is 40.2 Å². The second-order valence-electron chi connectivity index (χ2n) is 6.55. The van der Waals surface area contributed by atoms with Crippen molar-refractivity contribution in [1.82, 2.24) is 20.6 Å². The third kappa shape index (κ3) is 7.56. The maximum Gasteiger partial charge on any atom is 0.191 e. The van der Waals surface area contributed by atoms with Gasteiger partial charge in [0.15, 0.2) is 5.96 Å². The number of aromatic nitrogens is 2. The fourth-order valence-electron chi connectivity index (χ4n) is 2.62. The van der Waals surface area contributed by atoms with Gasteiger partial charge in [0.25, 0.3) is 0 Å². The number of aliphatic imine (C=N–C) groups is 1. The van der Waals surface area contributed by atoms with Gasteiger partial charge in [-0.3, -0.25) is 4.98 Å². The van der Waals surface area contributed by atoms with Gasteiger partial charge in [0, 0.05) is 17.6 Å². The summed E-state index contributed by atoms with van der Waals surface area (Å²) in [5.41, 5.74) is 3.13. The van der Waals surface area contributed by atoms with Crippen LogP contribution in [0.15, 0.2) is 53.7 Å². The molecular weight excluding hydrogens is 509 g/mol. The van der Waals surface area contributed by atoms with Gasteiger partial charge >= 0.3 is 0 Å². The lowest BCUT2D eigenvalue weighted by Gasteiger charge is -2.10. The number of hydrogen-bond acceptors (Lipinski definition) is 5. The van der Waals surface area contributed by atoms with Gasteiger partial charge in [0.1, 0.15) is 17.4 Å². The van der Waals surface area contributed by atoms with Crippen LogP contribution in [-0.4, -0.2) is 22.5 Å². The number of pyridine rings is 1. The van der Waals surface area contributed by atoms with Crippen molar-refractivity contribution in [3.63, 3.8) is 0 Å². The molecule has 0 saturated heterocycles. The summed E-state index contributed by atoms with van der Waals surface area (Å²) in [6, 6.07) is 13.8. The van der Waals surface area contributed by atoms with Crippen LogP contribution in [0.5, 0.6) is 5.75 Å². The third-order valence-corrected chi connectivity index (χ3v) is 5.35. The summed E-state index contributed by atoms with van der Waals surface area (Å²) >= 11 is 1.72. The number of hydrogen-bond donors (Lipinski definition) is 2. The van der Waals surface area contributed by atoms with Gasteiger partial charge in [-0.1, -0.05) is 18.2 Å². The number of ether oxygens (including phenoxy) is 1. The molecule has 0 aliphatic heterocycles. The highest BCUT2D eigenvalue weighted by molar-refractivity contribution is 14.0. The third-order valence-electron chi connectivity index (χ3n) is 4.28. The normalized spacial score (nSPS) is 11.0. The van der Waals surface area contributed by atoms with Crippen molar-refractivity contribution in [1.29, 1.82) is 0 Å². The van der Waals surface area contributed by atoms with E-state index in [1.165, 1.54) is 4.88 Å². The Bertz CT molecular complexity index is 909. The Kier molecular flexibility index (Phi) is 10.0. The first kappa shape index (κ1) is 24.1. The average molecular weight is 537 g/mol. The van der Waals surface area contributed by atoms with Crippen LogP contribution in [0.2, 0.25) is 0 Å². The van der Waals surface area contributed by atoms with Crippen LogP contribution < -0.4 is 15.4 Å². The Morgan fingerprint density at radius 1 is 1.10 bits per heavy atom. The molecule has 3 aromatic rings. The molecule has 0 unspecified atom stereocenters. The highest BCUT2D eigenvalue weighted by Crippen LogP contribution is 2.16. The van der Waals surface area contributed by atoms with Crippen molar-refractivity contribution < 1.29 is 4.74 Å². The van der Waals surface area contributed by atoms with Crippen LogP contribution in [0, 0.1) is 13.8 Å². The number of nitrogens with zero attached hydrogens (tertiary/aromatic N) is 3. The molecule has 3 rings (SSSR count). The van der Waals surface area contributed by atoms with Crippen LogP contribution in [-0.2, 0) is 19.7 Å². The maximum atomic E-state index is 5.78. The lowest BCUT2D eigenvalue weighted by Crippen LogP contribution is -2.36. The molecule has 2 aromatic heterocycles. The first-order chi connectivity index (χ1) is 14.1. The first-order valence-corrected chi connectivity index (χ1v) is 10.5. The summed E-state index contributed by atoms with van der Waals surface area (Å²) in [4.78, 5) is 14.8. The van der Waals surface area contributed by atoms with Crippen LogP contribution in [0.1, 0.15) is 33.8 Å². The van der Waals surface area contributed by atoms with E-state index in [0.29, 0.717) is 19.7 Å². The van der Waals surface area contributed by atoms with Crippen LogP contribution in [0.4, 0.5) is 0 Å². The molecule has 30 heavy (non-hydrogen) atoms. The zero-order valence-electron chi connectivity index (χ0n) is 17.5. The molecule has 0 saturated carbocycles. The molecule has 0 amide bonds. The zero-order valence-corrected chi connectivity index (χ0v) is 20.7. The zero-order chi connectivity index (χ0) is 20.5. The second-order valence-corrected chi connectivity index (χ2v) is 7.84. The molecule has 6 nitrogen and oxygen atoms in total. The Balaban J connectivity index is 0.00000320. The van der Waals surface area contributed by atoms with Crippen LogP contribution in [0.3, 0.4) is 0 Å². The minimum Gasteiger partial charge on any atom is -0.487 e. The fourth-order valence-corrected chi connectivity index (χ4v) is 3.49. The Labute approximate surface area is 199 Å². The lowest BCUT2D eigenvalue weighted by molar-refractivity contribution is 0.301. The smallest absolute Gasteiger partial charge is 0.191 e. The number of halogens is 1. The number of thiazole rings is 1. The van der Waals surface area contributed by atoms with Crippen molar-refractivity contribution in [2.45, 2.75) is 40.5 Å². The molecule has 2 N–H and O–H groups in total. The summed E-state index contributed by atoms with van der Waals surface area (Å²) in [7, 11) is 0. The van der Waals surface area contributed by atoms with Crippen LogP contribution >= 0.6 is 35.3 Å². The SMILES string of the molecule is CCNC(=NCc1ccc(OCc2ccccn2)cc1)NCc1nc(C)c(C)s1.I. The van der Waals surface area contributed by atoms with Gasteiger partial charge in [-0.2, -0.15) is 0 Å². The molecule has 0 bridgehead atoms. The Morgan fingerprint density at radius 2 is 1.90 bits per heavy atom. The summed E-state index contributed by atoms with van der Waals surface area (Å²) in [5.74, 6) is 1.61. The van der Waals surface area contributed by atoms with Gasteiger partial charge in [-0.15, -0.1) is 35.3 Å². The topological polar surface area (TPSA) is 71.4 Å². The average Bonchev–Trinajstić information content (AvgIpc) is 3.07. The van der Waals surface area contributed by atoms with Crippen molar-refractivity contribution in [3.05, 3.63) is 75.5 Å². The first-order valence-electron chi connectivity index (χ1n) is 9.70. The fraction of sp³-hybridized carbons (Fsp3) is 0.318. The molecule has 0 aliphatic rings. The monoisotopic (exact) mass is 537 g/mol. The number of guanidine groups is 1. The van der Waals surface area contributed by atoms with E-state index in [1.54, 1.807) is 17.5 Å². The number of rotatable bonds is 8. The van der Waals surface area contributed by atoms with Crippen molar-refractivity contribution in [2.75, 3.05) is 6.54 Å². The van der Waals surface area contributed by atoms with Gasteiger partial charge in [-0.25, -0.2) is 9.98 Å². The van der Waals surface area contributed by atoms with Crippen molar-refractivity contribution >= 4 is 41.3 Å². The number of benzene rings is 1. The van der Waals surface area contributed by atoms with E-state index in [1.807, 2.05) is 49.4 Å². The van der Waals surface area contributed by atoms with E-state index in [9.17, 15) is 0 Å². The van der Waals surface area contributed by atoms with E-state index < -0.39 is 0 Å². The quantitative estimate of drug-likeness (QED) is 0.250. The van der Waals surface area contributed by atoms with E-state index in [4.69, 9.17) is 4.74 Å². The molecule has 8 heteroatoms. The van der Waals surface area contributed by atoms with E-state index >= 15 is 0 Å². The molecule has 0 radical (unpaired) electrons. The van der Waals surface area contributed by atoms with E-state index in [2.05, 4.69) is 39.4 Å². The van der Waals surface area contributed by atoms with E-state index in [-0.39, 0.29) is 24.0 Å². The van der Waals surface area contributed by atoms with Gasteiger partial charge < -0.3 is 15.4 Å². The Morgan fingerprint density at radius 3 is 2.53 bits per heavy atom. The molecule has 2 heterocycles. The Hall–Kier alpha value is -2.20. The lowest BCUT2D eigenvalue weighted by atomic mass is 10.2. The predicted octanol–water partition coefficient (Wildman–Crippen LogP) is 4.61. The standard InChI is InChI=1S/C22H27N5OS.HI/c1-4-23-22(26-14-21-27-16(2)17(3)29-21)25-13-18-8-10-20(11-9-18)28-15-19-7-5-6-12-24-19;/h5-12H,4,13-15H2,1-3H3,(H2,23,25,26);1H. The summed E-state index contributed by atoms with van der Waals surface area (Å²) in [5, 5.41) is 7.70. The molecular formula is C22H28IN5OS. The van der Waals surface area contributed by atoms with Gasteiger partial charge in [0.05, 0.1) is 24.5 Å². The van der Waals surface area contributed by atoms with Crippen molar-refractivity contribution in [2.24, 2.45) is 4.99 Å². The minimum absolute atomic E-state index is 0. The van der Waals surface area contributed by atoms with Gasteiger partial charge in [0.2, 0.25) is 0 Å². The van der Waals surface area contributed by atoms with Crippen molar-refractivity contribution in [3.8, 4) is 5.75 Å². The highest BCUT2D eigenvalue weighted by Gasteiger charge is 2.05. The second kappa shape index (κ2) is 12.5. The molecule has 0 atom stereocenters. The summed E-state index contributed by atoms with van der Waals surface area (Å²) < 4.78 is 5.78. The molecule has 160 valence electrons. The summed E-state index contributed by atoms with van der Waals surface area (Å²) in [6.07, 6.45) is 1.77. The van der Waals surface area contributed by atoms with Crippen LogP contribution in [0.25, 0.3) is 0 Å².